The van der Waals surface area contributed by atoms with Crippen molar-refractivity contribution in [1.29, 1.82) is 0 Å². The van der Waals surface area contributed by atoms with Gasteiger partial charge >= 0.3 is 0 Å². The van der Waals surface area contributed by atoms with E-state index >= 15 is 0 Å². The molecule has 1 amide bonds. The number of benzene rings is 2. The molecule has 0 radical (unpaired) electrons. The zero-order valence-electron chi connectivity index (χ0n) is 14.2. The van der Waals surface area contributed by atoms with E-state index < -0.39 is 0 Å². The third kappa shape index (κ3) is 5.09. The second-order valence-corrected chi connectivity index (χ2v) is 5.88. The van der Waals surface area contributed by atoms with Gasteiger partial charge in [0.05, 0.1) is 0 Å². The number of hydrogen-bond acceptors (Lipinski definition) is 3. The van der Waals surface area contributed by atoms with E-state index in [4.69, 9.17) is 0 Å². The monoisotopic (exact) mass is 322 g/mol. The topological polar surface area (TPSA) is 58.2 Å². The molecule has 2 aromatic rings. The van der Waals surface area contributed by atoms with Gasteiger partial charge < -0.3 is 10.6 Å². The van der Waals surface area contributed by atoms with E-state index in [2.05, 4.69) is 24.5 Å². The van der Waals surface area contributed by atoms with Crippen LogP contribution in [0.5, 0.6) is 0 Å². The number of carbonyl (C=O) groups excluding carboxylic acids is 2. The number of hydrogen-bond donors (Lipinski definition) is 2. The van der Waals surface area contributed by atoms with Crippen LogP contribution in [0.1, 0.15) is 42.6 Å². The number of nitrogens with one attached hydrogen (secondary N) is 2. The van der Waals surface area contributed by atoms with Crippen molar-refractivity contribution in [3.63, 3.8) is 0 Å². The van der Waals surface area contributed by atoms with Crippen LogP contribution < -0.4 is 10.6 Å². The van der Waals surface area contributed by atoms with Crippen molar-refractivity contribution in [2.75, 3.05) is 10.6 Å². The van der Waals surface area contributed by atoms with Gasteiger partial charge in [0.15, 0.2) is 5.78 Å². The molecule has 2 rings (SSSR count). The first kappa shape index (κ1) is 17.5. The van der Waals surface area contributed by atoms with Gasteiger partial charge in [-0.25, -0.2) is 0 Å². The maximum Gasteiger partial charge on any atom is 0.221 e. The van der Waals surface area contributed by atoms with Gasteiger partial charge in [-0.1, -0.05) is 38.1 Å². The van der Waals surface area contributed by atoms with Crippen molar-refractivity contribution in [1.82, 2.24) is 0 Å². The molecule has 4 heteroatoms. The maximum absolute atomic E-state index is 12.1. The Labute approximate surface area is 142 Å². The highest BCUT2D eigenvalue weighted by atomic mass is 16.1. The van der Waals surface area contributed by atoms with Crippen LogP contribution in [-0.2, 0) is 4.79 Å². The second-order valence-electron chi connectivity index (χ2n) is 5.88. The third-order valence-corrected chi connectivity index (χ3v) is 3.55. The summed E-state index contributed by atoms with van der Waals surface area (Å²) in [5.41, 5.74) is 3.45. The Morgan fingerprint density at radius 2 is 1.50 bits per heavy atom. The number of anilines is 2. The fraction of sp³-hybridized carbons (Fsp3) is 0.200. The van der Waals surface area contributed by atoms with E-state index in [1.807, 2.05) is 36.4 Å². The summed E-state index contributed by atoms with van der Waals surface area (Å²) in [6.07, 6.45) is 3.12. The fourth-order valence-corrected chi connectivity index (χ4v) is 2.20. The summed E-state index contributed by atoms with van der Waals surface area (Å²) in [7, 11) is 0. The molecule has 0 atom stereocenters. The third-order valence-electron chi connectivity index (χ3n) is 3.55. The lowest BCUT2D eigenvalue weighted by Gasteiger charge is -2.05. The summed E-state index contributed by atoms with van der Waals surface area (Å²) >= 11 is 0. The normalized spacial score (nSPS) is 10.8. The van der Waals surface area contributed by atoms with Gasteiger partial charge in [-0.05, 0) is 35.7 Å². The predicted molar refractivity (Wildman–Crippen MR) is 98.4 cm³/mol. The van der Waals surface area contributed by atoms with Crippen LogP contribution in [0.2, 0.25) is 0 Å². The number of rotatable bonds is 6. The van der Waals surface area contributed by atoms with Crippen molar-refractivity contribution in [3.05, 3.63) is 71.9 Å². The molecule has 0 aliphatic carbocycles. The lowest BCUT2D eigenvalue weighted by molar-refractivity contribution is -0.114. The van der Waals surface area contributed by atoms with Crippen LogP contribution in [0.25, 0.3) is 0 Å². The fourth-order valence-electron chi connectivity index (χ4n) is 2.20. The minimum Gasteiger partial charge on any atom is -0.362 e. The van der Waals surface area contributed by atoms with Gasteiger partial charge in [0, 0.05) is 36.1 Å². The highest BCUT2D eigenvalue weighted by molar-refractivity contribution is 6.04. The molecule has 0 aliphatic heterocycles. The standard InChI is InChI=1S/C20H22N2O2/c1-14(2)16-4-6-17(7-5-16)20(24)12-13-21-18-8-10-19(11-9-18)22-15(3)23/h4-14,21H,1-3H3,(H,22,23)/b13-12+. The molecule has 0 bridgehead atoms. The molecule has 24 heavy (non-hydrogen) atoms. The summed E-state index contributed by atoms with van der Waals surface area (Å²) < 4.78 is 0. The second kappa shape index (κ2) is 8.11. The first-order chi connectivity index (χ1) is 11.5. The highest BCUT2D eigenvalue weighted by Crippen LogP contribution is 2.16. The summed E-state index contributed by atoms with van der Waals surface area (Å²) in [6.45, 7) is 5.71. The minimum absolute atomic E-state index is 0.0485. The van der Waals surface area contributed by atoms with Gasteiger partial charge in [0.1, 0.15) is 0 Å². The van der Waals surface area contributed by atoms with E-state index in [0.29, 0.717) is 11.5 Å². The average Bonchev–Trinajstić information content (AvgIpc) is 2.56. The summed E-state index contributed by atoms with van der Waals surface area (Å²) in [5, 5.41) is 5.74. The molecule has 0 saturated heterocycles. The van der Waals surface area contributed by atoms with Gasteiger partial charge in [-0.15, -0.1) is 0 Å². The largest absolute Gasteiger partial charge is 0.362 e. The van der Waals surface area contributed by atoms with Crippen molar-refractivity contribution < 1.29 is 9.59 Å². The SMILES string of the molecule is CC(=O)Nc1ccc(N/C=C/C(=O)c2ccc(C(C)C)cc2)cc1. The summed E-state index contributed by atoms with van der Waals surface area (Å²) in [4.78, 5) is 23.1. The Balaban J connectivity index is 1.93. The van der Waals surface area contributed by atoms with Crippen LogP contribution in [0.4, 0.5) is 11.4 Å². The van der Waals surface area contributed by atoms with Crippen molar-refractivity contribution >= 4 is 23.1 Å². The zero-order chi connectivity index (χ0) is 17.5. The molecule has 124 valence electrons. The molecule has 0 fully saturated rings. The Kier molecular flexibility index (Phi) is 5.90. The van der Waals surface area contributed by atoms with Crippen molar-refractivity contribution in [2.24, 2.45) is 0 Å². The molecule has 0 heterocycles. The van der Waals surface area contributed by atoms with Gasteiger partial charge in [0.2, 0.25) is 5.91 Å². The Morgan fingerprint density at radius 1 is 0.917 bits per heavy atom. The summed E-state index contributed by atoms with van der Waals surface area (Å²) in [5.74, 6) is 0.296. The smallest absolute Gasteiger partial charge is 0.221 e. The summed E-state index contributed by atoms with van der Waals surface area (Å²) in [6, 6.07) is 14.9. The Bertz CT molecular complexity index is 729. The van der Waals surface area contributed by atoms with Crippen LogP contribution in [0.3, 0.4) is 0 Å². The predicted octanol–water partition coefficient (Wildman–Crippen LogP) is 4.58. The quantitative estimate of drug-likeness (QED) is 0.604. The van der Waals surface area contributed by atoms with Gasteiger partial charge in [-0.2, -0.15) is 0 Å². The lowest BCUT2D eigenvalue weighted by Crippen LogP contribution is -2.05. The van der Waals surface area contributed by atoms with E-state index in [9.17, 15) is 9.59 Å². The molecule has 0 unspecified atom stereocenters. The Morgan fingerprint density at radius 3 is 2.04 bits per heavy atom. The highest BCUT2D eigenvalue weighted by Gasteiger charge is 2.03. The zero-order valence-corrected chi connectivity index (χ0v) is 14.2. The van der Waals surface area contributed by atoms with Crippen LogP contribution in [0, 0.1) is 0 Å². The lowest BCUT2D eigenvalue weighted by atomic mass is 10.0. The minimum atomic E-state index is -0.107. The van der Waals surface area contributed by atoms with Gasteiger partial charge in [-0.3, -0.25) is 9.59 Å². The van der Waals surface area contributed by atoms with E-state index in [1.54, 1.807) is 18.3 Å². The van der Waals surface area contributed by atoms with Crippen LogP contribution >= 0.6 is 0 Å². The number of carbonyl (C=O) groups is 2. The molecule has 2 aromatic carbocycles. The van der Waals surface area contributed by atoms with E-state index in [1.165, 1.54) is 18.6 Å². The number of ketones is 1. The number of allylic oxidation sites excluding steroid dienone is 1. The number of amides is 1. The Hall–Kier alpha value is -2.88. The average molecular weight is 322 g/mol. The molecule has 0 aliphatic rings. The molecule has 0 aromatic heterocycles. The van der Waals surface area contributed by atoms with Gasteiger partial charge in [0.25, 0.3) is 0 Å². The first-order valence-electron chi connectivity index (χ1n) is 7.91. The molecular formula is C20H22N2O2. The maximum atomic E-state index is 12.1. The molecule has 4 nitrogen and oxygen atoms in total. The van der Waals surface area contributed by atoms with E-state index in [0.717, 1.165) is 11.4 Å². The van der Waals surface area contributed by atoms with Crippen molar-refractivity contribution in [3.8, 4) is 0 Å². The first-order valence-corrected chi connectivity index (χ1v) is 7.91. The molecule has 0 spiro atoms. The molecule has 2 N–H and O–H groups in total. The van der Waals surface area contributed by atoms with Crippen LogP contribution in [0.15, 0.2) is 60.8 Å². The molecule has 0 saturated carbocycles. The molecular weight excluding hydrogens is 300 g/mol. The van der Waals surface area contributed by atoms with Crippen LogP contribution in [-0.4, -0.2) is 11.7 Å². The van der Waals surface area contributed by atoms with Crippen molar-refractivity contribution in [2.45, 2.75) is 26.7 Å². The van der Waals surface area contributed by atoms with E-state index in [-0.39, 0.29) is 11.7 Å².